The highest BCUT2D eigenvalue weighted by atomic mass is 16.4. The standard InChI is InChI=1S/C4H5NO5/c6-1-5-2(3(7)8)4(9)10/h1-2H,(H,5,6)(H,7,8)(H,9,10)/p-2. The summed E-state index contributed by atoms with van der Waals surface area (Å²) in [6.45, 7) is 0. The quantitative estimate of drug-likeness (QED) is 0.317. The molecule has 0 saturated carbocycles. The molecule has 6 nitrogen and oxygen atoms in total. The fourth-order valence-corrected chi connectivity index (χ4v) is 0.300. The van der Waals surface area contributed by atoms with Gasteiger partial charge in [0, 0.05) is 0 Å². The third-order valence-corrected chi connectivity index (χ3v) is 0.706. The molecule has 0 fully saturated rings. The van der Waals surface area contributed by atoms with Gasteiger partial charge in [-0.3, -0.25) is 4.79 Å². The van der Waals surface area contributed by atoms with E-state index >= 15 is 0 Å². The Morgan fingerprint density at radius 2 is 1.70 bits per heavy atom. The summed E-state index contributed by atoms with van der Waals surface area (Å²) < 4.78 is 0. The van der Waals surface area contributed by atoms with E-state index in [1.807, 2.05) is 0 Å². The van der Waals surface area contributed by atoms with Crippen molar-refractivity contribution >= 4 is 18.3 Å². The summed E-state index contributed by atoms with van der Waals surface area (Å²) in [7, 11) is 0. The first-order valence-corrected chi connectivity index (χ1v) is 2.21. The van der Waals surface area contributed by atoms with Crippen LogP contribution in [0.5, 0.6) is 0 Å². The van der Waals surface area contributed by atoms with E-state index < -0.39 is 18.0 Å². The molecule has 0 aromatic rings. The Morgan fingerprint density at radius 1 is 1.30 bits per heavy atom. The van der Waals surface area contributed by atoms with Gasteiger partial charge in [0.15, 0.2) is 0 Å². The zero-order valence-electron chi connectivity index (χ0n) is 4.70. The van der Waals surface area contributed by atoms with Crippen molar-refractivity contribution < 1.29 is 24.6 Å². The molecule has 0 aliphatic carbocycles. The van der Waals surface area contributed by atoms with Crippen LogP contribution >= 0.6 is 0 Å². The number of rotatable bonds is 4. The maximum atomic E-state index is 9.78. The second-order valence-corrected chi connectivity index (χ2v) is 1.36. The SMILES string of the molecule is O=CNC(C(=O)[O-])C(=O)[O-]. The number of carbonyl (C=O) groups is 3. The maximum Gasteiger partial charge on any atom is 0.207 e. The smallest absolute Gasteiger partial charge is 0.207 e. The number of amides is 1. The van der Waals surface area contributed by atoms with Crippen molar-refractivity contribution in [2.24, 2.45) is 0 Å². The van der Waals surface area contributed by atoms with Crippen molar-refractivity contribution in [1.29, 1.82) is 0 Å². The predicted octanol–water partition coefficient (Wildman–Crippen LogP) is -4.40. The van der Waals surface area contributed by atoms with Crippen molar-refractivity contribution in [3.8, 4) is 0 Å². The lowest BCUT2D eigenvalue weighted by atomic mass is 10.3. The van der Waals surface area contributed by atoms with Crippen LogP contribution in [0.25, 0.3) is 0 Å². The van der Waals surface area contributed by atoms with Gasteiger partial charge in [-0.25, -0.2) is 0 Å². The third kappa shape index (κ3) is 2.12. The lowest BCUT2D eigenvalue weighted by Crippen LogP contribution is -2.55. The van der Waals surface area contributed by atoms with Crippen molar-refractivity contribution in [2.45, 2.75) is 6.04 Å². The van der Waals surface area contributed by atoms with Crippen LogP contribution in [0.3, 0.4) is 0 Å². The van der Waals surface area contributed by atoms with Gasteiger partial charge in [0.05, 0.1) is 11.9 Å². The number of carbonyl (C=O) groups excluding carboxylic acids is 3. The summed E-state index contributed by atoms with van der Waals surface area (Å²) >= 11 is 0. The second-order valence-electron chi connectivity index (χ2n) is 1.36. The highest BCUT2D eigenvalue weighted by molar-refractivity contribution is 5.96. The first-order chi connectivity index (χ1) is 4.59. The molecular formula is C4H3NO5-2. The Hall–Kier alpha value is -1.59. The Balaban J connectivity index is 4.11. The summed E-state index contributed by atoms with van der Waals surface area (Å²) in [6.07, 6.45) is -0.0593. The van der Waals surface area contributed by atoms with E-state index in [1.165, 1.54) is 5.32 Å². The van der Waals surface area contributed by atoms with Crippen molar-refractivity contribution in [1.82, 2.24) is 5.32 Å². The number of aliphatic carboxylic acids is 2. The molecule has 10 heavy (non-hydrogen) atoms. The molecule has 0 bridgehead atoms. The van der Waals surface area contributed by atoms with E-state index in [2.05, 4.69) is 0 Å². The van der Waals surface area contributed by atoms with E-state index in [0.717, 1.165) is 0 Å². The number of carboxylic acid groups (broad SMARTS) is 2. The van der Waals surface area contributed by atoms with Crippen LogP contribution < -0.4 is 15.5 Å². The van der Waals surface area contributed by atoms with E-state index in [9.17, 15) is 24.6 Å². The second kappa shape index (κ2) is 3.44. The predicted molar refractivity (Wildman–Crippen MR) is 23.0 cm³/mol. The highest BCUT2D eigenvalue weighted by Gasteiger charge is 2.07. The van der Waals surface area contributed by atoms with Gasteiger partial charge in [0.1, 0.15) is 6.04 Å². The molecule has 0 aliphatic heterocycles. The molecular weight excluding hydrogens is 142 g/mol. The minimum Gasteiger partial charge on any atom is -0.547 e. The van der Waals surface area contributed by atoms with Gasteiger partial charge in [-0.2, -0.15) is 0 Å². The molecule has 0 atom stereocenters. The molecule has 0 rings (SSSR count). The van der Waals surface area contributed by atoms with E-state index in [1.54, 1.807) is 0 Å². The minimum atomic E-state index is -2.07. The van der Waals surface area contributed by atoms with Gasteiger partial charge < -0.3 is 25.1 Å². The number of hydrogen-bond donors (Lipinski definition) is 1. The molecule has 0 heterocycles. The van der Waals surface area contributed by atoms with Crippen LogP contribution in [0, 0.1) is 0 Å². The Bertz CT molecular complexity index is 151. The number of nitrogens with one attached hydrogen (secondary N) is 1. The van der Waals surface area contributed by atoms with Crippen LogP contribution in [-0.4, -0.2) is 24.4 Å². The normalized spacial score (nSPS) is 8.90. The molecule has 0 aromatic carbocycles. The Kier molecular flexibility index (Phi) is 2.89. The molecule has 0 radical (unpaired) electrons. The first-order valence-electron chi connectivity index (χ1n) is 2.21. The highest BCUT2D eigenvalue weighted by Crippen LogP contribution is 1.74. The topological polar surface area (TPSA) is 109 Å². The molecule has 1 amide bonds. The van der Waals surface area contributed by atoms with Gasteiger partial charge >= 0.3 is 0 Å². The summed E-state index contributed by atoms with van der Waals surface area (Å²) in [6, 6.07) is -2.07. The monoisotopic (exact) mass is 145 g/mol. The van der Waals surface area contributed by atoms with Crippen LogP contribution in [0.4, 0.5) is 0 Å². The summed E-state index contributed by atoms with van der Waals surface area (Å²) in [5.74, 6) is -3.82. The lowest BCUT2D eigenvalue weighted by Gasteiger charge is -2.16. The summed E-state index contributed by atoms with van der Waals surface area (Å²) in [5.41, 5.74) is 0. The summed E-state index contributed by atoms with van der Waals surface area (Å²) in [5, 5.41) is 21.0. The fourth-order valence-electron chi connectivity index (χ4n) is 0.300. The van der Waals surface area contributed by atoms with Crippen LogP contribution in [-0.2, 0) is 14.4 Å². The van der Waals surface area contributed by atoms with Crippen LogP contribution in [0.15, 0.2) is 0 Å². The summed E-state index contributed by atoms with van der Waals surface area (Å²) in [4.78, 5) is 29.1. The molecule has 0 saturated heterocycles. The van der Waals surface area contributed by atoms with E-state index in [-0.39, 0.29) is 6.41 Å². The molecule has 6 heteroatoms. The average Bonchev–Trinajstić information content (AvgIpc) is 1.81. The third-order valence-electron chi connectivity index (χ3n) is 0.706. The number of hydrogen-bond acceptors (Lipinski definition) is 5. The molecule has 1 N–H and O–H groups in total. The minimum absolute atomic E-state index is 0.0593. The van der Waals surface area contributed by atoms with Gasteiger partial charge in [0.25, 0.3) is 0 Å². The van der Waals surface area contributed by atoms with Crippen molar-refractivity contribution in [3.05, 3.63) is 0 Å². The molecule has 0 aliphatic rings. The first kappa shape index (κ1) is 8.41. The van der Waals surface area contributed by atoms with Crippen molar-refractivity contribution in [2.75, 3.05) is 0 Å². The van der Waals surface area contributed by atoms with E-state index in [0.29, 0.717) is 0 Å². The zero-order chi connectivity index (χ0) is 8.15. The van der Waals surface area contributed by atoms with Gasteiger partial charge in [-0.05, 0) is 0 Å². The molecule has 0 spiro atoms. The fraction of sp³-hybridized carbons (Fsp3) is 0.250. The van der Waals surface area contributed by atoms with Crippen LogP contribution in [0.1, 0.15) is 0 Å². The lowest BCUT2D eigenvalue weighted by molar-refractivity contribution is -0.326. The number of carboxylic acids is 2. The average molecular weight is 145 g/mol. The Labute approximate surface area is 55.5 Å². The van der Waals surface area contributed by atoms with Gasteiger partial charge in [-0.1, -0.05) is 0 Å². The van der Waals surface area contributed by atoms with E-state index in [4.69, 9.17) is 0 Å². The molecule has 56 valence electrons. The molecule has 0 unspecified atom stereocenters. The van der Waals surface area contributed by atoms with Crippen molar-refractivity contribution in [3.63, 3.8) is 0 Å². The maximum absolute atomic E-state index is 9.78. The largest absolute Gasteiger partial charge is 0.547 e. The Morgan fingerprint density at radius 3 is 1.80 bits per heavy atom. The zero-order valence-corrected chi connectivity index (χ0v) is 4.70. The van der Waals surface area contributed by atoms with Gasteiger partial charge in [-0.15, -0.1) is 0 Å². The molecule has 0 aromatic heterocycles. The van der Waals surface area contributed by atoms with Crippen LogP contribution in [0.2, 0.25) is 0 Å². The van der Waals surface area contributed by atoms with Gasteiger partial charge in [0.2, 0.25) is 6.41 Å².